The number of aryl methyl sites for hydroxylation is 1. The van der Waals surface area contributed by atoms with Crippen molar-refractivity contribution >= 4 is 5.97 Å². The monoisotopic (exact) mass is 274 g/mol. The minimum Gasteiger partial charge on any atom is -0.478 e. The third-order valence-corrected chi connectivity index (χ3v) is 3.60. The maximum absolute atomic E-state index is 11.1. The molecule has 0 saturated carbocycles. The molecule has 0 aromatic heterocycles. The van der Waals surface area contributed by atoms with Gasteiger partial charge < -0.3 is 5.11 Å². The van der Waals surface area contributed by atoms with Crippen LogP contribution in [-0.2, 0) is 6.42 Å². The highest BCUT2D eigenvalue weighted by Gasteiger charge is 2.07. The van der Waals surface area contributed by atoms with Gasteiger partial charge in [-0.05, 0) is 37.3 Å². The Bertz CT molecular complexity index is 410. The number of carbonyl (C=O) groups is 1. The maximum atomic E-state index is 11.1. The molecule has 0 spiro atoms. The van der Waals surface area contributed by atoms with Gasteiger partial charge in [-0.15, -0.1) is 6.58 Å². The van der Waals surface area contributed by atoms with E-state index >= 15 is 0 Å². The van der Waals surface area contributed by atoms with E-state index in [0.29, 0.717) is 5.56 Å². The zero-order valence-corrected chi connectivity index (χ0v) is 12.3. The summed E-state index contributed by atoms with van der Waals surface area (Å²) in [5.74, 6) is -0.817. The minimum absolute atomic E-state index is 0.455. The molecule has 0 saturated heterocycles. The second-order valence-corrected chi connectivity index (χ2v) is 5.26. The van der Waals surface area contributed by atoms with E-state index in [4.69, 9.17) is 5.11 Å². The molecule has 110 valence electrons. The van der Waals surface area contributed by atoms with Gasteiger partial charge in [-0.2, -0.15) is 0 Å². The highest BCUT2D eigenvalue weighted by molar-refractivity contribution is 5.89. The van der Waals surface area contributed by atoms with E-state index in [-0.39, 0.29) is 0 Å². The molecule has 1 aromatic rings. The Morgan fingerprint density at radius 2 is 1.60 bits per heavy atom. The maximum Gasteiger partial charge on any atom is 0.335 e. The summed E-state index contributed by atoms with van der Waals surface area (Å²) in [4.78, 5) is 11.1. The summed E-state index contributed by atoms with van der Waals surface area (Å²) in [6, 6.07) is 7.33. The molecule has 1 rings (SSSR count). The van der Waals surface area contributed by atoms with Crippen LogP contribution in [0, 0.1) is 0 Å². The molecule has 0 radical (unpaired) electrons. The van der Waals surface area contributed by atoms with E-state index in [9.17, 15) is 4.79 Å². The van der Waals surface area contributed by atoms with Crippen LogP contribution in [0.4, 0.5) is 0 Å². The van der Waals surface area contributed by atoms with Gasteiger partial charge in [0.05, 0.1) is 5.56 Å². The fourth-order valence-electron chi connectivity index (χ4n) is 2.43. The number of benzene rings is 1. The van der Waals surface area contributed by atoms with Gasteiger partial charge in [0.1, 0.15) is 0 Å². The molecule has 0 bridgehead atoms. The van der Waals surface area contributed by atoms with E-state index in [2.05, 4.69) is 6.58 Å². The molecule has 2 nitrogen and oxygen atoms in total. The number of unbranched alkanes of at least 4 members (excludes halogenated alkanes) is 7. The first-order valence-electron chi connectivity index (χ1n) is 7.68. The summed E-state index contributed by atoms with van der Waals surface area (Å²) in [6.07, 6.45) is 12.7. The van der Waals surface area contributed by atoms with Crippen molar-refractivity contribution < 1.29 is 9.90 Å². The van der Waals surface area contributed by atoms with Gasteiger partial charge in [0.25, 0.3) is 0 Å². The van der Waals surface area contributed by atoms with Crippen molar-refractivity contribution in [2.24, 2.45) is 0 Å². The van der Waals surface area contributed by atoms with Crippen LogP contribution < -0.4 is 0 Å². The van der Waals surface area contributed by atoms with Crippen molar-refractivity contribution in [1.29, 1.82) is 0 Å². The van der Waals surface area contributed by atoms with Crippen molar-refractivity contribution in [2.45, 2.75) is 57.8 Å². The summed E-state index contributed by atoms with van der Waals surface area (Å²) >= 11 is 0. The first-order valence-corrected chi connectivity index (χ1v) is 7.68. The van der Waals surface area contributed by atoms with Gasteiger partial charge in [-0.25, -0.2) is 4.79 Å². The number of carboxylic acid groups (broad SMARTS) is 1. The standard InChI is InChI=1S/C18H26O2/c1-2-3-4-5-6-7-8-9-10-13-16-14-11-12-15-17(16)18(19)20/h2,11-12,14-15H,1,3-10,13H2,(H,19,20). The van der Waals surface area contributed by atoms with Crippen LogP contribution in [0.25, 0.3) is 0 Å². The Hall–Kier alpha value is -1.57. The minimum atomic E-state index is -0.817. The molecule has 0 amide bonds. The number of carboxylic acids is 1. The molecule has 1 aromatic carbocycles. The van der Waals surface area contributed by atoms with Gasteiger partial charge in [0, 0.05) is 0 Å². The molecule has 0 aliphatic carbocycles. The van der Waals surface area contributed by atoms with Crippen LogP contribution >= 0.6 is 0 Å². The van der Waals surface area contributed by atoms with Gasteiger partial charge in [-0.1, -0.05) is 56.4 Å². The first kappa shape index (κ1) is 16.5. The highest BCUT2D eigenvalue weighted by Crippen LogP contribution is 2.14. The van der Waals surface area contributed by atoms with Crippen LogP contribution in [0.3, 0.4) is 0 Å². The Morgan fingerprint density at radius 3 is 2.25 bits per heavy atom. The number of rotatable bonds is 11. The molecule has 0 aliphatic rings. The van der Waals surface area contributed by atoms with Crippen LogP contribution in [0.5, 0.6) is 0 Å². The smallest absolute Gasteiger partial charge is 0.335 e. The quantitative estimate of drug-likeness (QED) is 0.443. The van der Waals surface area contributed by atoms with Crippen LogP contribution in [0.15, 0.2) is 36.9 Å². The zero-order valence-electron chi connectivity index (χ0n) is 12.3. The topological polar surface area (TPSA) is 37.3 Å². The molecular weight excluding hydrogens is 248 g/mol. The summed E-state index contributed by atoms with van der Waals surface area (Å²) < 4.78 is 0. The van der Waals surface area contributed by atoms with Gasteiger partial charge in [0.15, 0.2) is 0 Å². The lowest BCUT2D eigenvalue weighted by Crippen LogP contribution is -2.02. The lowest BCUT2D eigenvalue weighted by molar-refractivity contribution is 0.0695. The van der Waals surface area contributed by atoms with E-state index < -0.39 is 5.97 Å². The second kappa shape index (κ2) is 10.2. The van der Waals surface area contributed by atoms with Gasteiger partial charge in [-0.3, -0.25) is 0 Å². The predicted molar refractivity (Wildman–Crippen MR) is 84.2 cm³/mol. The molecule has 20 heavy (non-hydrogen) atoms. The third-order valence-electron chi connectivity index (χ3n) is 3.60. The van der Waals surface area contributed by atoms with Gasteiger partial charge >= 0.3 is 5.97 Å². The van der Waals surface area contributed by atoms with E-state index in [1.165, 1.54) is 38.5 Å². The molecule has 0 fully saturated rings. The highest BCUT2D eigenvalue weighted by atomic mass is 16.4. The van der Waals surface area contributed by atoms with E-state index in [1.54, 1.807) is 12.1 Å². The number of aromatic carboxylic acids is 1. The summed E-state index contributed by atoms with van der Waals surface area (Å²) in [5.41, 5.74) is 1.42. The number of hydrogen-bond donors (Lipinski definition) is 1. The van der Waals surface area contributed by atoms with Crippen LogP contribution in [0.1, 0.15) is 67.3 Å². The number of allylic oxidation sites excluding steroid dienone is 1. The zero-order chi connectivity index (χ0) is 14.6. The molecule has 0 aliphatic heterocycles. The van der Waals surface area contributed by atoms with Crippen molar-refractivity contribution in [2.75, 3.05) is 0 Å². The molecule has 2 heteroatoms. The van der Waals surface area contributed by atoms with Gasteiger partial charge in [0.2, 0.25) is 0 Å². The summed E-state index contributed by atoms with van der Waals surface area (Å²) in [5, 5.41) is 9.10. The lowest BCUT2D eigenvalue weighted by atomic mass is 10.0. The fraction of sp³-hybridized carbons (Fsp3) is 0.500. The Labute approximate surface area is 122 Å². The van der Waals surface area contributed by atoms with Crippen LogP contribution in [0.2, 0.25) is 0 Å². The summed E-state index contributed by atoms with van der Waals surface area (Å²) in [7, 11) is 0. The second-order valence-electron chi connectivity index (χ2n) is 5.26. The molecule has 0 unspecified atom stereocenters. The van der Waals surface area contributed by atoms with Crippen molar-refractivity contribution in [3.05, 3.63) is 48.0 Å². The van der Waals surface area contributed by atoms with Crippen molar-refractivity contribution in [3.63, 3.8) is 0 Å². The van der Waals surface area contributed by atoms with Crippen molar-refractivity contribution in [1.82, 2.24) is 0 Å². The molecule has 0 atom stereocenters. The molecular formula is C18H26O2. The first-order chi connectivity index (χ1) is 9.75. The fourth-order valence-corrected chi connectivity index (χ4v) is 2.43. The van der Waals surface area contributed by atoms with Crippen LogP contribution in [-0.4, -0.2) is 11.1 Å². The normalized spacial score (nSPS) is 10.4. The van der Waals surface area contributed by atoms with E-state index in [0.717, 1.165) is 24.8 Å². The average Bonchev–Trinajstić information content (AvgIpc) is 2.46. The SMILES string of the molecule is C=CCCCCCCCCCc1ccccc1C(=O)O. The van der Waals surface area contributed by atoms with Crippen molar-refractivity contribution in [3.8, 4) is 0 Å². The number of hydrogen-bond acceptors (Lipinski definition) is 1. The Morgan fingerprint density at radius 1 is 1.00 bits per heavy atom. The van der Waals surface area contributed by atoms with E-state index in [1.807, 2.05) is 18.2 Å². The molecule has 1 N–H and O–H groups in total. The Balaban J connectivity index is 2.12. The predicted octanol–water partition coefficient (Wildman–Crippen LogP) is 5.23. The Kier molecular flexibility index (Phi) is 8.44. The third kappa shape index (κ3) is 6.55. The summed E-state index contributed by atoms with van der Waals surface area (Å²) in [6.45, 7) is 3.73. The largest absolute Gasteiger partial charge is 0.478 e. The average molecular weight is 274 g/mol. The molecule has 0 heterocycles. The lowest BCUT2D eigenvalue weighted by Gasteiger charge is -2.05.